The van der Waals surface area contributed by atoms with Crippen molar-refractivity contribution in [1.82, 2.24) is 0 Å². The van der Waals surface area contributed by atoms with Crippen LogP contribution in [-0.4, -0.2) is 96.7 Å². The monoisotopic (exact) mass is 1310 g/mol. The number of aliphatic hydroxyl groups excluding tert-OH is 1. The summed E-state index contributed by atoms with van der Waals surface area (Å²) < 4.78 is 68.2. The first-order chi connectivity index (χ1) is 42.6. The summed E-state index contributed by atoms with van der Waals surface area (Å²) in [6, 6.07) is 0. The molecular formula is C70H136O17P2. The maximum absolute atomic E-state index is 13.0. The Morgan fingerprint density at radius 3 is 0.798 bits per heavy atom. The van der Waals surface area contributed by atoms with Crippen LogP contribution < -0.4 is 0 Å². The van der Waals surface area contributed by atoms with Crippen molar-refractivity contribution in [2.45, 2.75) is 363 Å². The summed E-state index contributed by atoms with van der Waals surface area (Å²) in [7, 11) is -9.90. The number of hydrogen-bond acceptors (Lipinski definition) is 15. The number of carbonyl (C=O) groups is 4. The Labute approximate surface area is 543 Å². The lowest BCUT2D eigenvalue weighted by molar-refractivity contribution is -0.161. The third-order valence-corrected chi connectivity index (χ3v) is 18.3. The topological polar surface area (TPSA) is 237 Å². The first-order valence-corrected chi connectivity index (χ1v) is 39.2. The minimum Gasteiger partial charge on any atom is -0.462 e. The van der Waals surface area contributed by atoms with Gasteiger partial charge in [0.25, 0.3) is 0 Å². The zero-order valence-electron chi connectivity index (χ0n) is 58.1. The summed E-state index contributed by atoms with van der Waals surface area (Å²) in [5.41, 5.74) is 0. The van der Waals surface area contributed by atoms with E-state index in [1.54, 1.807) is 0 Å². The number of hydrogen-bond donors (Lipinski definition) is 3. The molecule has 17 nitrogen and oxygen atoms in total. The van der Waals surface area contributed by atoms with Crippen LogP contribution in [0.2, 0.25) is 0 Å². The van der Waals surface area contributed by atoms with Gasteiger partial charge in [0.1, 0.15) is 19.3 Å². The van der Waals surface area contributed by atoms with Crippen molar-refractivity contribution in [3.8, 4) is 0 Å². The molecule has 0 aliphatic rings. The molecule has 0 aromatic carbocycles. The van der Waals surface area contributed by atoms with Crippen LogP contribution in [0.25, 0.3) is 0 Å². The van der Waals surface area contributed by atoms with Gasteiger partial charge < -0.3 is 33.8 Å². The van der Waals surface area contributed by atoms with Crippen molar-refractivity contribution in [2.24, 2.45) is 23.7 Å². The summed E-state index contributed by atoms with van der Waals surface area (Å²) >= 11 is 0. The molecular weight excluding hydrogens is 1170 g/mol. The number of esters is 4. The Hall–Kier alpha value is -1.94. The van der Waals surface area contributed by atoms with Crippen LogP contribution in [0.4, 0.5) is 0 Å². The van der Waals surface area contributed by atoms with E-state index in [1.807, 2.05) is 0 Å². The molecule has 0 saturated heterocycles. The van der Waals surface area contributed by atoms with E-state index < -0.39 is 97.5 Å². The molecule has 19 heteroatoms. The highest BCUT2D eigenvalue weighted by atomic mass is 31.2. The lowest BCUT2D eigenvalue weighted by atomic mass is 9.99. The maximum Gasteiger partial charge on any atom is 0.472 e. The number of phosphoric ester groups is 2. The summed E-state index contributed by atoms with van der Waals surface area (Å²) in [6.07, 6.45) is 42.0. The predicted molar refractivity (Wildman–Crippen MR) is 358 cm³/mol. The highest BCUT2D eigenvalue weighted by Crippen LogP contribution is 2.45. The smallest absolute Gasteiger partial charge is 0.462 e. The van der Waals surface area contributed by atoms with E-state index in [9.17, 15) is 43.2 Å². The van der Waals surface area contributed by atoms with Gasteiger partial charge in [0, 0.05) is 25.7 Å². The Morgan fingerprint density at radius 1 is 0.315 bits per heavy atom. The highest BCUT2D eigenvalue weighted by Gasteiger charge is 2.30. The average Bonchev–Trinajstić information content (AvgIpc) is 3.58. The molecule has 6 atom stereocenters. The molecule has 0 aliphatic carbocycles. The van der Waals surface area contributed by atoms with Crippen LogP contribution in [0.3, 0.4) is 0 Å². The Kier molecular flexibility index (Phi) is 58.5. The zero-order valence-corrected chi connectivity index (χ0v) is 59.8. The van der Waals surface area contributed by atoms with Gasteiger partial charge in [-0.2, -0.15) is 0 Å². The quantitative estimate of drug-likeness (QED) is 0.0222. The van der Waals surface area contributed by atoms with Crippen LogP contribution in [0.15, 0.2) is 0 Å². The minimum atomic E-state index is -4.95. The van der Waals surface area contributed by atoms with Gasteiger partial charge in [-0.25, -0.2) is 9.13 Å². The van der Waals surface area contributed by atoms with E-state index in [1.165, 1.54) is 135 Å². The number of aliphatic hydroxyl groups is 1. The minimum absolute atomic E-state index is 0.104. The number of ether oxygens (including phenoxy) is 4. The molecule has 89 heavy (non-hydrogen) atoms. The first-order valence-electron chi connectivity index (χ1n) is 36.2. The molecule has 0 aromatic rings. The Morgan fingerprint density at radius 2 is 0.539 bits per heavy atom. The van der Waals surface area contributed by atoms with E-state index in [4.69, 9.17) is 37.0 Å². The van der Waals surface area contributed by atoms with Gasteiger partial charge in [-0.1, -0.05) is 293 Å². The van der Waals surface area contributed by atoms with E-state index >= 15 is 0 Å². The zero-order chi connectivity index (χ0) is 66.1. The summed E-state index contributed by atoms with van der Waals surface area (Å²) in [5, 5.41) is 10.6. The van der Waals surface area contributed by atoms with Crippen molar-refractivity contribution in [1.29, 1.82) is 0 Å². The second kappa shape index (κ2) is 59.8. The maximum atomic E-state index is 13.0. The van der Waals surface area contributed by atoms with Gasteiger partial charge in [0.05, 0.1) is 26.4 Å². The second-order valence-electron chi connectivity index (χ2n) is 26.9. The third-order valence-electron chi connectivity index (χ3n) is 16.4. The molecule has 0 aromatic heterocycles. The fourth-order valence-corrected chi connectivity index (χ4v) is 12.0. The molecule has 0 bridgehead atoms. The largest absolute Gasteiger partial charge is 0.472 e. The second-order valence-corrected chi connectivity index (χ2v) is 29.8. The molecule has 3 N–H and O–H groups in total. The summed E-state index contributed by atoms with van der Waals surface area (Å²) in [4.78, 5) is 72.4. The van der Waals surface area contributed by atoms with Crippen molar-refractivity contribution < 1.29 is 80.2 Å². The molecule has 0 amide bonds. The molecule has 3 unspecified atom stereocenters. The van der Waals surface area contributed by atoms with Gasteiger partial charge in [0.15, 0.2) is 12.2 Å². The Balaban J connectivity index is 5.20. The SMILES string of the molecule is CCC(C)CCCCCCCCCCCCCCCCC(=O)O[C@H](COC(=O)CCCCCCCCC(C)C)COP(=O)(O)OC[C@H](O)COP(=O)(O)OC[C@@H](COC(=O)CCCCCCCCC(C)C)OC(=O)CCCCCCCCCCCCC(C)C. The molecule has 0 aliphatic heterocycles. The van der Waals surface area contributed by atoms with Gasteiger partial charge in [-0.05, 0) is 49.4 Å². The van der Waals surface area contributed by atoms with E-state index in [-0.39, 0.29) is 25.7 Å². The highest BCUT2D eigenvalue weighted by molar-refractivity contribution is 7.47. The lowest BCUT2D eigenvalue weighted by Crippen LogP contribution is -2.30. The number of phosphoric acid groups is 2. The third kappa shape index (κ3) is 63.2. The number of rotatable bonds is 67. The van der Waals surface area contributed by atoms with Gasteiger partial charge >= 0.3 is 39.5 Å². The van der Waals surface area contributed by atoms with Crippen LogP contribution in [-0.2, 0) is 65.4 Å². The van der Waals surface area contributed by atoms with Crippen LogP contribution in [0.1, 0.15) is 344 Å². The van der Waals surface area contributed by atoms with Gasteiger partial charge in [0.2, 0.25) is 0 Å². The number of carbonyl (C=O) groups excluding carboxylic acids is 4. The normalized spacial score (nSPS) is 14.6. The van der Waals surface area contributed by atoms with Crippen molar-refractivity contribution in [2.75, 3.05) is 39.6 Å². The average molecular weight is 1310 g/mol. The number of unbranched alkanes of at least 4 members (excludes halogenated alkanes) is 32. The fourth-order valence-electron chi connectivity index (χ4n) is 10.5. The molecule has 0 heterocycles. The van der Waals surface area contributed by atoms with E-state index in [2.05, 4.69) is 55.4 Å². The summed E-state index contributed by atoms with van der Waals surface area (Å²) in [5.74, 6) is 0.823. The lowest BCUT2D eigenvalue weighted by Gasteiger charge is -2.21. The van der Waals surface area contributed by atoms with Crippen molar-refractivity contribution >= 4 is 39.5 Å². The van der Waals surface area contributed by atoms with E-state index in [0.717, 1.165) is 115 Å². The van der Waals surface area contributed by atoms with Gasteiger partial charge in [-0.15, -0.1) is 0 Å². The van der Waals surface area contributed by atoms with Crippen LogP contribution >= 0.6 is 15.6 Å². The van der Waals surface area contributed by atoms with Crippen LogP contribution in [0, 0.1) is 23.7 Å². The molecule has 0 spiro atoms. The van der Waals surface area contributed by atoms with Gasteiger partial charge in [-0.3, -0.25) is 37.3 Å². The molecule has 0 fully saturated rings. The standard InChI is InChI=1S/C70H136O17P2/c1-9-63(8)49-41-33-23-19-14-12-10-11-13-15-20-24-36-44-52-69(74)86-65(56-80-67(72)50-42-34-28-26-31-39-47-61(4)5)58-84-88(76,77)82-54-64(71)55-83-89(78,79)85-59-66(57-81-68(73)51-43-35-29-27-32-40-48-62(6)7)87-70(75)53-45-37-25-21-17-16-18-22-30-38-46-60(2)3/h60-66,71H,9-59H2,1-8H3,(H,76,77)(H,78,79)/t63?,64-,65+,66+/m0/s1. The summed E-state index contributed by atoms with van der Waals surface area (Å²) in [6.45, 7) is 14.0. The molecule has 528 valence electrons. The molecule has 0 radical (unpaired) electrons. The van der Waals surface area contributed by atoms with E-state index in [0.29, 0.717) is 37.5 Å². The van der Waals surface area contributed by atoms with Crippen molar-refractivity contribution in [3.05, 3.63) is 0 Å². The predicted octanol–water partition coefficient (Wildman–Crippen LogP) is 19.7. The van der Waals surface area contributed by atoms with Crippen LogP contribution in [0.5, 0.6) is 0 Å². The van der Waals surface area contributed by atoms with Crippen molar-refractivity contribution in [3.63, 3.8) is 0 Å². The molecule has 0 saturated carbocycles. The fraction of sp³-hybridized carbons (Fsp3) is 0.943. The molecule has 0 rings (SSSR count). The first kappa shape index (κ1) is 87.1. The Bertz CT molecular complexity index is 1770.